The maximum absolute atomic E-state index is 6.40. The van der Waals surface area contributed by atoms with Gasteiger partial charge in [0.1, 0.15) is 0 Å². The normalized spacial score (nSPS) is 21.9. The monoisotopic (exact) mass is 359 g/mol. The summed E-state index contributed by atoms with van der Waals surface area (Å²) in [6, 6.07) is 17.4. The molecule has 0 aliphatic carbocycles. The Morgan fingerprint density at radius 2 is 1.71 bits per heavy atom. The Morgan fingerprint density at radius 1 is 1.00 bits per heavy atom. The number of hydrogen-bond donors (Lipinski definition) is 0. The van der Waals surface area contributed by atoms with E-state index >= 15 is 0 Å². The second-order valence-corrected chi connectivity index (χ2v) is 9.76. The third-order valence-corrected chi connectivity index (χ3v) is 6.84. The van der Waals surface area contributed by atoms with Crippen LogP contribution in [0.2, 0.25) is 5.02 Å². The van der Waals surface area contributed by atoms with Gasteiger partial charge in [0.2, 0.25) is 0 Å². The van der Waals surface area contributed by atoms with Crippen molar-refractivity contribution in [2.24, 2.45) is 0 Å². The third kappa shape index (κ3) is 3.24. The maximum atomic E-state index is 6.40. The molecule has 1 atom stereocenters. The molecule has 0 saturated heterocycles. The first-order chi connectivity index (χ1) is 11.3. The quantitative estimate of drug-likeness (QED) is 0.653. The van der Waals surface area contributed by atoms with Crippen molar-refractivity contribution in [3.63, 3.8) is 0 Å². The van der Waals surface area contributed by atoms with Crippen molar-refractivity contribution in [3.8, 4) is 0 Å². The van der Waals surface area contributed by atoms with Gasteiger partial charge >= 0.3 is 0 Å². The minimum Gasteiger partial charge on any atom is -0.309 e. The summed E-state index contributed by atoms with van der Waals surface area (Å²) in [6.07, 6.45) is 2.29. The molecule has 3 rings (SSSR count). The summed E-state index contributed by atoms with van der Waals surface area (Å²) in [5.74, 6) is 0. The second kappa shape index (κ2) is 6.74. The van der Waals surface area contributed by atoms with Crippen LogP contribution in [-0.2, 0) is 9.49 Å². The maximum Gasteiger partial charge on any atom is 0.0669 e. The highest BCUT2D eigenvalue weighted by Gasteiger charge is 2.49. The lowest BCUT2D eigenvalue weighted by Crippen LogP contribution is -2.24. The number of fused-ring (bicyclic) bond motifs is 1. The zero-order valence-electron chi connectivity index (χ0n) is 15.0. The van der Waals surface area contributed by atoms with Crippen LogP contribution >= 0.6 is 23.4 Å². The van der Waals surface area contributed by atoms with Crippen LogP contribution in [0.4, 0.5) is 0 Å². The fraction of sp³-hybridized carbons (Fsp3) is 0.429. The van der Waals surface area contributed by atoms with Gasteiger partial charge in [0.25, 0.3) is 0 Å². The van der Waals surface area contributed by atoms with Crippen molar-refractivity contribution < 1.29 is 0 Å². The van der Waals surface area contributed by atoms with Gasteiger partial charge in [-0.15, -0.1) is 11.8 Å². The van der Waals surface area contributed by atoms with E-state index in [1.807, 2.05) is 6.07 Å². The Hall–Kier alpha value is -0.960. The van der Waals surface area contributed by atoms with Gasteiger partial charge in [0.05, 0.1) is 4.75 Å². The standard InChI is InChI=1S/C21H26ClNS/c1-20(2)18-12-11-17(22)15-19(18)21(24-20,13-8-14-23(3)4)16-9-6-5-7-10-16/h5-7,9-12,15H,8,13-14H2,1-4H3. The largest absolute Gasteiger partial charge is 0.309 e. The first-order valence-electron chi connectivity index (χ1n) is 8.56. The van der Waals surface area contributed by atoms with Crippen molar-refractivity contribution in [2.75, 3.05) is 20.6 Å². The van der Waals surface area contributed by atoms with Crippen LogP contribution in [0.3, 0.4) is 0 Å². The predicted octanol–water partition coefficient (Wildman–Crippen LogP) is 5.91. The first-order valence-corrected chi connectivity index (χ1v) is 9.75. The molecular formula is C21H26ClNS. The summed E-state index contributed by atoms with van der Waals surface area (Å²) in [7, 11) is 4.29. The predicted molar refractivity (Wildman–Crippen MR) is 107 cm³/mol. The average Bonchev–Trinajstić information content (AvgIpc) is 2.76. The SMILES string of the molecule is CN(C)CCCC1(c2ccccc2)SC(C)(C)c2ccc(Cl)cc21. The number of halogens is 1. The van der Waals surface area contributed by atoms with Crippen molar-refractivity contribution in [2.45, 2.75) is 36.2 Å². The van der Waals surface area contributed by atoms with Crippen molar-refractivity contribution in [3.05, 3.63) is 70.2 Å². The highest BCUT2D eigenvalue weighted by atomic mass is 35.5. The van der Waals surface area contributed by atoms with E-state index in [-0.39, 0.29) is 9.49 Å². The summed E-state index contributed by atoms with van der Waals surface area (Å²) in [5, 5.41) is 0.833. The topological polar surface area (TPSA) is 3.24 Å². The Bertz CT molecular complexity index is 711. The van der Waals surface area contributed by atoms with Crippen molar-refractivity contribution in [1.82, 2.24) is 4.90 Å². The second-order valence-electron chi connectivity index (χ2n) is 7.40. The molecule has 0 amide bonds. The van der Waals surface area contributed by atoms with Crippen LogP contribution in [0.15, 0.2) is 48.5 Å². The molecule has 0 radical (unpaired) electrons. The summed E-state index contributed by atoms with van der Waals surface area (Å²) < 4.78 is 0.0783. The lowest BCUT2D eigenvalue weighted by molar-refractivity contribution is 0.386. The van der Waals surface area contributed by atoms with E-state index in [2.05, 4.69) is 87.1 Å². The Labute approximate surface area is 155 Å². The van der Waals surface area contributed by atoms with Gasteiger partial charge in [-0.1, -0.05) is 48.0 Å². The van der Waals surface area contributed by atoms with Crippen molar-refractivity contribution in [1.29, 1.82) is 0 Å². The number of rotatable bonds is 5. The molecular weight excluding hydrogens is 334 g/mol. The molecule has 1 aliphatic rings. The van der Waals surface area contributed by atoms with Gasteiger partial charge in [0, 0.05) is 9.77 Å². The van der Waals surface area contributed by atoms with E-state index in [0.717, 1.165) is 24.4 Å². The highest BCUT2D eigenvalue weighted by Crippen LogP contribution is 2.63. The van der Waals surface area contributed by atoms with Crippen LogP contribution in [-0.4, -0.2) is 25.5 Å². The van der Waals surface area contributed by atoms with Gasteiger partial charge in [-0.2, -0.15) is 0 Å². The molecule has 24 heavy (non-hydrogen) atoms. The van der Waals surface area contributed by atoms with Gasteiger partial charge in [0.15, 0.2) is 0 Å². The van der Waals surface area contributed by atoms with Gasteiger partial charge in [-0.05, 0) is 76.2 Å². The zero-order valence-corrected chi connectivity index (χ0v) is 16.5. The summed E-state index contributed by atoms with van der Waals surface area (Å²) in [4.78, 5) is 2.27. The number of thioether (sulfide) groups is 1. The Kier molecular flexibility index (Phi) is 5.01. The molecule has 1 unspecified atom stereocenters. The van der Waals surface area contributed by atoms with E-state index in [4.69, 9.17) is 11.6 Å². The van der Waals surface area contributed by atoms with Crippen LogP contribution in [0.25, 0.3) is 0 Å². The highest BCUT2D eigenvalue weighted by molar-refractivity contribution is 8.01. The molecule has 0 fully saturated rings. The van der Waals surface area contributed by atoms with E-state index in [9.17, 15) is 0 Å². The van der Waals surface area contributed by atoms with E-state index in [0.29, 0.717) is 0 Å². The van der Waals surface area contributed by atoms with Crippen LogP contribution in [0.5, 0.6) is 0 Å². The lowest BCUT2D eigenvalue weighted by atomic mass is 9.82. The summed E-state index contributed by atoms with van der Waals surface area (Å²) in [6.45, 7) is 5.77. The van der Waals surface area contributed by atoms with Crippen LogP contribution in [0.1, 0.15) is 43.4 Å². The van der Waals surface area contributed by atoms with Crippen LogP contribution in [0, 0.1) is 0 Å². The molecule has 0 aromatic heterocycles. The third-order valence-electron chi connectivity index (χ3n) is 4.87. The zero-order chi connectivity index (χ0) is 17.4. The summed E-state index contributed by atoms with van der Waals surface area (Å²) in [5.41, 5.74) is 4.21. The number of benzene rings is 2. The fourth-order valence-electron chi connectivity index (χ4n) is 3.82. The molecule has 3 heteroatoms. The number of hydrogen-bond acceptors (Lipinski definition) is 2. The molecule has 1 aliphatic heterocycles. The smallest absolute Gasteiger partial charge is 0.0669 e. The summed E-state index contributed by atoms with van der Waals surface area (Å²) >= 11 is 8.48. The molecule has 2 aromatic rings. The molecule has 128 valence electrons. The molecule has 2 aromatic carbocycles. The Morgan fingerprint density at radius 3 is 2.38 bits per heavy atom. The van der Waals surface area contributed by atoms with Gasteiger partial charge in [-0.3, -0.25) is 0 Å². The van der Waals surface area contributed by atoms with Crippen molar-refractivity contribution >= 4 is 23.4 Å². The van der Waals surface area contributed by atoms with E-state index in [1.165, 1.54) is 16.7 Å². The molecule has 0 bridgehead atoms. The van der Waals surface area contributed by atoms with Gasteiger partial charge < -0.3 is 4.90 Å². The van der Waals surface area contributed by atoms with E-state index < -0.39 is 0 Å². The first kappa shape index (κ1) is 17.8. The minimum atomic E-state index is -0.0129. The number of nitrogens with zero attached hydrogens (tertiary/aromatic N) is 1. The molecule has 0 saturated carbocycles. The average molecular weight is 360 g/mol. The molecule has 0 spiro atoms. The fourth-order valence-corrected chi connectivity index (χ4v) is 5.93. The van der Waals surface area contributed by atoms with Crippen LogP contribution < -0.4 is 0 Å². The lowest BCUT2D eigenvalue weighted by Gasteiger charge is -2.33. The van der Waals surface area contributed by atoms with E-state index in [1.54, 1.807) is 0 Å². The molecule has 1 nitrogen and oxygen atoms in total. The Balaban J connectivity index is 2.11. The molecule has 1 heterocycles. The minimum absolute atomic E-state index is 0.0129. The van der Waals surface area contributed by atoms with Gasteiger partial charge in [-0.25, -0.2) is 0 Å². The molecule has 0 N–H and O–H groups in total.